The molecule has 0 fully saturated rings. The monoisotopic (exact) mass is 416 g/mol. The molecule has 1 aliphatic carbocycles. The highest BCUT2D eigenvalue weighted by atomic mass is 79.9. The molecule has 2 unspecified atom stereocenters. The molecule has 3 aromatic carbocycles. The Kier molecular flexibility index (Phi) is 4.33. The first-order chi connectivity index (χ1) is 13.3. The number of hydrogen-bond donors (Lipinski definition) is 0. The molecule has 27 heavy (non-hydrogen) atoms. The Labute approximate surface area is 168 Å². The predicted molar refractivity (Wildman–Crippen MR) is 115 cm³/mol. The molecule has 0 aromatic heterocycles. The molecule has 2 atom stereocenters. The Bertz CT molecular complexity index is 979. The molecule has 0 amide bonds. The lowest BCUT2D eigenvalue weighted by Gasteiger charge is -2.28. The van der Waals surface area contributed by atoms with Crippen molar-refractivity contribution < 1.29 is 0 Å². The smallest absolute Gasteiger partial charge is 0.0860 e. The van der Waals surface area contributed by atoms with Crippen molar-refractivity contribution in [3.63, 3.8) is 0 Å². The molecular weight excluding hydrogens is 396 g/mol. The summed E-state index contributed by atoms with van der Waals surface area (Å²) in [5.41, 5.74) is 6.50. The highest BCUT2D eigenvalue weighted by Gasteiger charge is 2.40. The van der Waals surface area contributed by atoms with Crippen LogP contribution in [-0.4, -0.2) is 5.71 Å². The molecule has 1 aliphatic heterocycles. The van der Waals surface area contributed by atoms with Gasteiger partial charge in [0.1, 0.15) is 0 Å². The van der Waals surface area contributed by atoms with Gasteiger partial charge in [-0.3, -0.25) is 5.01 Å². The van der Waals surface area contributed by atoms with Crippen LogP contribution in [0.3, 0.4) is 0 Å². The maximum Gasteiger partial charge on any atom is 0.0860 e. The Balaban J connectivity index is 1.67. The van der Waals surface area contributed by atoms with E-state index in [1.807, 2.05) is 0 Å². The number of nitrogens with zero attached hydrogens (tertiary/aromatic N) is 2. The molecule has 2 aliphatic rings. The van der Waals surface area contributed by atoms with E-state index in [4.69, 9.17) is 5.10 Å². The largest absolute Gasteiger partial charge is 0.257 e. The first kappa shape index (κ1) is 16.8. The van der Waals surface area contributed by atoms with Crippen LogP contribution in [0.5, 0.6) is 0 Å². The average Bonchev–Trinajstić information content (AvgIpc) is 2.99. The van der Waals surface area contributed by atoms with Crippen LogP contribution >= 0.6 is 15.9 Å². The van der Waals surface area contributed by atoms with E-state index < -0.39 is 0 Å². The molecule has 3 heteroatoms. The van der Waals surface area contributed by atoms with Crippen LogP contribution in [0.15, 0.2) is 88.4 Å². The van der Waals surface area contributed by atoms with Gasteiger partial charge in [0.15, 0.2) is 0 Å². The van der Waals surface area contributed by atoms with Gasteiger partial charge in [0, 0.05) is 16.0 Å². The minimum atomic E-state index is 0.244. The van der Waals surface area contributed by atoms with Crippen LogP contribution in [0.25, 0.3) is 0 Å². The molecule has 2 nitrogen and oxygen atoms in total. The van der Waals surface area contributed by atoms with Crippen molar-refractivity contribution >= 4 is 27.3 Å². The van der Waals surface area contributed by atoms with Gasteiger partial charge in [-0.25, -0.2) is 0 Å². The number of hydrazone groups is 1. The van der Waals surface area contributed by atoms with Gasteiger partial charge in [-0.1, -0.05) is 70.5 Å². The van der Waals surface area contributed by atoms with Gasteiger partial charge in [0.25, 0.3) is 0 Å². The lowest BCUT2D eigenvalue weighted by molar-refractivity contribution is 0.505. The van der Waals surface area contributed by atoms with Crippen molar-refractivity contribution in [2.24, 2.45) is 11.0 Å². The maximum atomic E-state index is 5.20. The molecule has 0 N–H and O–H groups in total. The van der Waals surface area contributed by atoms with Gasteiger partial charge in [-0.2, -0.15) is 5.10 Å². The summed E-state index contributed by atoms with van der Waals surface area (Å²) in [6.07, 6.45) is 3.52. The summed E-state index contributed by atoms with van der Waals surface area (Å²) in [4.78, 5) is 0. The molecule has 134 valence electrons. The summed E-state index contributed by atoms with van der Waals surface area (Å²) < 4.78 is 1.09. The summed E-state index contributed by atoms with van der Waals surface area (Å²) in [6, 6.07) is 28.4. The fraction of sp³-hybridized carbons (Fsp3) is 0.208. The van der Waals surface area contributed by atoms with E-state index >= 15 is 0 Å². The van der Waals surface area contributed by atoms with E-state index in [0.717, 1.165) is 16.6 Å². The fourth-order valence-electron chi connectivity index (χ4n) is 4.46. The summed E-state index contributed by atoms with van der Waals surface area (Å²) in [5, 5.41) is 7.44. The van der Waals surface area contributed by atoms with Crippen LogP contribution in [-0.2, 0) is 6.42 Å². The second-order valence-corrected chi connectivity index (χ2v) is 8.23. The van der Waals surface area contributed by atoms with E-state index in [9.17, 15) is 0 Å². The zero-order chi connectivity index (χ0) is 18.2. The Morgan fingerprint density at radius 3 is 2.41 bits per heavy atom. The SMILES string of the molecule is Brc1ccc(N2N=C3c4ccccc4CCCC3C2c2ccccc2)cc1. The molecule has 0 saturated carbocycles. The summed E-state index contributed by atoms with van der Waals surface area (Å²) in [6.45, 7) is 0. The topological polar surface area (TPSA) is 15.6 Å². The molecule has 3 aromatic rings. The van der Waals surface area contributed by atoms with Crippen LogP contribution < -0.4 is 5.01 Å². The highest BCUT2D eigenvalue weighted by Crippen LogP contribution is 2.44. The van der Waals surface area contributed by atoms with E-state index in [-0.39, 0.29) is 6.04 Å². The van der Waals surface area contributed by atoms with Gasteiger partial charge in [-0.15, -0.1) is 0 Å². The van der Waals surface area contributed by atoms with Crippen LogP contribution in [0.1, 0.15) is 35.6 Å². The zero-order valence-electron chi connectivity index (χ0n) is 15.1. The van der Waals surface area contributed by atoms with Crippen LogP contribution in [0, 0.1) is 5.92 Å². The Morgan fingerprint density at radius 1 is 0.852 bits per heavy atom. The number of hydrogen-bond acceptors (Lipinski definition) is 2. The standard InChI is InChI=1S/C24H21BrN2/c25-19-13-15-20(16-14-19)27-24(18-8-2-1-3-9-18)22-12-6-10-17-7-4-5-11-21(17)23(22)26-27/h1-5,7-9,11,13-16,22,24H,6,10,12H2. The molecule has 0 saturated heterocycles. The number of halogens is 1. The first-order valence-corrected chi connectivity index (χ1v) is 10.4. The first-order valence-electron chi connectivity index (χ1n) is 9.58. The minimum Gasteiger partial charge on any atom is -0.257 e. The van der Waals surface area contributed by atoms with Gasteiger partial charge < -0.3 is 0 Å². The number of aryl methyl sites for hydroxylation is 1. The van der Waals surface area contributed by atoms with Gasteiger partial charge in [0.05, 0.1) is 17.4 Å². The average molecular weight is 417 g/mol. The fourth-order valence-corrected chi connectivity index (χ4v) is 4.72. The predicted octanol–water partition coefficient (Wildman–Crippen LogP) is 6.37. The lowest BCUT2D eigenvalue weighted by Crippen LogP contribution is -2.25. The van der Waals surface area contributed by atoms with Crippen molar-refractivity contribution in [3.05, 3.63) is 100 Å². The maximum absolute atomic E-state index is 5.20. The van der Waals surface area contributed by atoms with Crippen molar-refractivity contribution in [1.29, 1.82) is 0 Å². The van der Waals surface area contributed by atoms with E-state index in [0.29, 0.717) is 5.92 Å². The Morgan fingerprint density at radius 2 is 1.59 bits per heavy atom. The van der Waals surface area contributed by atoms with Crippen molar-refractivity contribution in [3.8, 4) is 0 Å². The normalized spacial score (nSPS) is 21.2. The summed E-state index contributed by atoms with van der Waals surface area (Å²) in [5.74, 6) is 0.416. The number of benzene rings is 3. The van der Waals surface area contributed by atoms with E-state index in [1.165, 1.54) is 35.2 Å². The lowest BCUT2D eigenvalue weighted by atomic mass is 9.85. The number of fused-ring (bicyclic) bond motifs is 3. The second kappa shape index (κ2) is 6.97. The van der Waals surface area contributed by atoms with Gasteiger partial charge in [-0.05, 0) is 54.7 Å². The van der Waals surface area contributed by atoms with Crippen molar-refractivity contribution in [1.82, 2.24) is 0 Å². The molecule has 0 radical (unpaired) electrons. The third kappa shape index (κ3) is 3.00. The van der Waals surface area contributed by atoms with E-state index in [1.54, 1.807) is 0 Å². The zero-order valence-corrected chi connectivity index (χ0v) is 16.6. The molecule has 5 rings (SSSR count). The van der Waals surface area contributed by atoms with Crippen molar-refractivity contribution in [2.75, 3.05) is 5.01 Å². The number of anilines is 1. The molecule has 1 heterocycles. The second-order valence-electron chi connectivity index (χ2n) is 7.32. The molecule has 0 bridgehead atoms. The molecular formula is C24H21BrN2. The third-order valence-electron chi connectivity index (χ3n) is 5.70. The number of rotatable bonds is 2. The van der Waals surface area contributed by atoms with Crippen LogP contribution in [0.4, 0.5) is 5.69 Å². The summed E-state index contributed by atoms with van der Waals surface area (Å²) >= 11 is 3.55. The summed E-state index contributed by atoms with van der Waals surface area (Å²) in [7, 11) is 0. The highest BCUT2D eigenvalue weighted by molar-refractivity contribution is 9.10. The van der Waals surface area contributed by atoms with Crippen LogP contribution in [0.2, 0.25) is 0 Å². The Hall–Kier alpha value is -2.39. The quantitative estimate of drug-likeness (QED) is 0.473. The minimum absolute atomic E-state index is 0.244. The van der Waals surface area contributed by atoms with E-state index in [2.05, 4.69) is 99.8 Å². The van der Waals surface area contributed by atoms with Gasteiger partial charge in [0.2, 0.25) is 0 Å². The van der Waals surface area contributed by atoms with Gasteiger partial charge >= 0.3 is 0 Å². The third-order valence-corrected chi connectivity index (χ3v) is 6.23. The van der Waals surface area contributed by atoms with Crippen molar-refractivity contribution in [2.45, 2.75) is 25.3 Å². The molecule has 0 spiro atoms.